The molecule has 0 aliphatic heterocycles. The topological polar surface area (TPSA) is 59.4 Å². The fourth-order valence-corrected chi connectivity index (χ4v) is 2.55. The number of rotatable bonds is 4. The maximum absolute atomic E-state index is 10.6. The second kappa shape index (κ2) is 5.29. The van der Waals surface area contributed by atoms with Crippen LogP contribution in [0.3, 0.4) is 0 Å². The lowest BCUT2D eigenvalue weighted by atomic mass is 10.3. The van der Waals surface area contributed by atoms with Crippen molar-refractivity contribution in [3.8, 4) is 5.75 Å². The van der Waals surface area contributed by atoms with Gasteiger partial charge in [0.1, 0.15) is 18.1 Å². The van der Waals surface area contributed by atoms with Gasteiger partial charge in [0.15, 0.2) is 0 Å². The SMILES string of the molecule is O=C(O)c1ccc(OCc2sccc2Br)cn1. The zero-order chi connectivity index (χ0) is 12.3. The molecule has 0 saturated carbocycles. The molecule has 2 heterocycles. The first-order valence-electron chi connectivity index (χ1n) is 4.71. The van der Waals surface area contributed by atoms with Gasteiger partial charge >= 0.3 is 5.97 Å². The normalized spacial score (nSPS) is 10.2. The van der Waals surface area contributed by atoms with E-state index < -0.39 is 5.97 Å². The van der Waals surface area contributed by atoms with Gasteiger partial charge in [0.05, 0.1) is 11.1 Å². The molecule has 2 aromatic heterocycles. The molecule has 0 bridgehead atoms. The minimum atomic E-state index is -1.04. The summed E-state index contributed by atoms with van der Waals surface area (Å²) in [6.07, 6.45) is 1.41. The molecule has 0 radical (unpaired) electrons. The Morgan fingerprint density at radius 2 is 2.29 bits per heavy atom. The molecule has 0 fully saturated rings. The van der Waals surface area contributed by atoms with E-state index in [4.69, 9.17) is 9.84 Å². The van der Waals surface area contributed by atoms with Gasteiger partial charge in [0, 0.05) is 4.47 Å². The Morgan fingerprint density at radius 3 is 2.82 bits per heavy atom. The summed E-state index contributed by atoms with van der Waals surface area (Å²) in [5.74, 6) is -0.493. The molecular weight excluding hydrogens is 306 g/mol. The highest BCUT2D eigenvalue weighted by molar-refractivity contribution is 9.10. The molecule has 0 amide bonds. The first-order chi connectivity index (χ1) is 8.16. The Kier molecular flexibility index (Phi) is 3.75. The maximum atomic E-state index is 10.6. The number of nitrogens with zero attached hydrogens (tertiary/aromatic N) is 1. The quantitative estimate of drug-likeness (QED) is 0.941. The highest BCUT2D eigenvalue weighted by Gasteiger charge is 2.05. The third-order valence-electron chi connectivity index (χ3n) is 2.02. The Morgan fingerprint density at radius 1 is 1.47 bits per heavy atom. The Bertz CT molecular complexity index is 524. The van der Waals surface area contributed by atoms with E-state index in [9.17, 15) is 4.79 Å². The van der Waals surface area contributed by atoms with Crippen molar-refractivity contribution >= 4 is 33.2 Å². The predicted octanol–water partition coefficient (Wildman–Crippen LogP) is 3.18. The molecule has 0 spiro atoms. The molecule has 6 heteroatoms. The van der Waals surface area contributed by atoms with E-state index in [2.05, 4.69) is 20.9 Å². The summed E-state index contributed by atoms with van der Waals surface area (Å²) < 4.78 is 6.50. The van der Waals surface area contributed by atoms with Gasteiger partial charge in [-0.1, -0.05) is 0 Å². The molecule has 88 valence electrons. The summed E-state index contributed by atoms with van der Waals surface area (Å²) in [5.41, 5.74) is 0.00894. The van der Waals surface area contributed by atoms with Crippen LogP contribution in [0.25, 0.3) is 0 Å². The van der Waals surface area contributed by atoms with Crippen molar-refractivity contribution in [1.82, 2.24) is 4.98 Å². The zero-order valence-electron chi connectivity index (χ0n) is 8.59. The Labute approximate surface area is 110 Å². The number of carbonyl (C=O) groups is 1. The molecule has 17 heavy (non-hydrogen) atoms. The summed E-state index contributed by atoms with van der Waals surface area (Å²) in [5, 5.41) is 10.7. The minimum absolute atomic E-state index is 0.00894. The summed E-state index contributed by atoms with van der Waals surface area (Å²) in [6.45, 7) is 0.437. The van der Waals surface area contributed by atoms with Crippen LogP contribution < -0.4 is 4.74 Å². The summed E-state index contributed by atoms with van der Waals surface area (Å²) in [7, 11) is 0. The smallest absolute Gasteiger partial charge is 0.354 e. The van der Waals surface area contributed by atoms with Gasteiger partial charge in [0.25, 0.3) is 0 Å². The predicted molar refractivity (Wildman–Crippen MR) is 67.5 cm³/mol. The van der Waals surface area contributed by atoms with Crippen LogP contribution in [0, 0.1) is 0 Å². The summed E-state index contributed by atoms with van der Waals surface area (Å²) in [4.78, 5) is 15.4. The molecule has 0 saturated heterocycles. The largest absolute Gasteiger partial charge is 0.486 e. The van der Waals surface area contributed by atoms with E-state index in [-0.39, 0.29) is 5.69 Å². The number of pyridine rings is 1. The Hall–Kier alpha value is -1.40. The molecule has 0 aromatic carbocycles. The molecule has 0 aliphatic carbocycles. The van der Waals surface area contributed by atoms with Crippen molar-refractivity contribution in [3.05, 3.63) is 44.8 Å². The van der Waals surface area contributed by atoms with Crippen molar-refractivity contribution in [1.29, 1.82) is 0 Å². The fourth-order valence-electron chi connectivity index (χ4n) is 1.17. The zero-order valence-corrected chi connectivity index (χ0v) is 11.0. The average Bonchev–Trinajstić information content (AvgIpc) is 2.73. The van der Waals surface area contributed by atoms with E-state index in [1.807, 2.05) is 11.4 Å². The van der Waals surface area contributed by atoms with Crippen LogP contribution in [-0.2, 0) is 6.61 Å². The lowest BCUT2D eigenvalue weighted by molar-refractivity contribution is 0.0690. The van der Waals surface area contributed by atoms with E-state index in [0.717, 1.165) is 9.35 Å². The number of carboxylic acid groups (broad SMARTS) is 1. The van der Waals surface area contributed by atoms with E-state index in [1.54, 1.807) is 17.4 Å². The highest BCUT2D eigenvalue weighted by atomic mass is 79.9. The standard InChI is InChI=1S/C11H8BrNO3S/c12-8-3-4-17-10(8)6-16-7-1-2-9(11(14)15)13-5-7/h1-5H,6H2,(H,14,15). The van der Waals surface area contributed by atoms with E-state index in [0.29, 0.717) is 12.4 Å². The number of hydrogen-bond acceptors (Lipinski definition) is 4. The van der Waals surface area contributed by atoms with Gasteiger partial charge in [-0.2, -0.15) is 0 Å². The molecule has 0 aliphatic rings. The van der Waals surface area contributed by atoms with Crippen molar-refractivity contribution in [2.24, 2.45) is 0 Å². The third-order valence-corrected chi connectivity index (χ3v) is 3.92. The van der Waals surface area contributed by atoms with Crippen molar-refractivity contribution < 1.29 is 14.6 Å². The first kappa shape index (κ1) is 12.1. The molecule has 2 aromatic rings. The van der Waals surface area contributed by atoms with Crippen molar-refractivity contribution in [2.75, 3.05) is 0 Å². The van der Waals surface area contributed by atoms with E-state index >= 15 is 0 Å². The number of carboxylic acids is 1. The van der Waals surface area contributed by atoms with Gasteiger partial charge in [-0.15, -0.1) is 11.3 Å². The number of thiophene rings is 1. The molecule has 4 nitrogen and oxygen atoms in total. The first-order valence-corrected chi connectivity index (χ1v) is 6.38. The number of ether oxygens (including phenoxy) is 1. The van der Waals surface area contributed by atoms with E-state index in [1.165, 1.54) is 12.3 Å². The van der Waals surface area contributed by atoms with Crippen LogP contribution in [0.2, 0.25) is 0 Å². The van der Waals surface area contributed by atoms with Crippen LogP contribution in [0.1, 0.15) is 15.4 Å². The van der Waals surface area contributed by atoms with Gasteiger partial charge in [-0.05, 0) is 39.5 Å². The van der Waals surface area contributed by atoms with Gasteiger partial charge in [-0.3, -0.25) is 0 Å². The van der Waals surface area contributed by atoms with Crippen molar-refractivity contribution in [2.45, 2.75) is 6.61 Å². The molecule has 2 rings (SSSR count). The van der Waals surface area contributed by atoms with Crippen molar-refractivity contribution in [3.63, 3.8) is 0 Å². The number of aromatic nitrogens is 1. The fraction of sp³-hybridized carbons (Fsp3) is 0.0909. The third kappa shape index (κ3) is 3.04. The lowest BCUT2D eigenvalue weighted by Crippen LogP contribution is -2.00. The second-order valence-corrected chi connectivity index (χ2v) is 5.02. The van der Waals surface area contributed by atoms with Gasteiger partial charge in [0.2, 0.25) is 0 Å². The summed E-state index contributed by atoms with van der Waals surface area (Å²) >= 11 is 5.00. The van der Waals surface area contributed by atoms with Gasteiger partial charge in [-0.25, -0.2) is 9.78 Å². The molecular formula is C11H8BrNO3S. The molecule has 0 atom stereocenters. The average molecular weight is 314 g/mol. The lowest BCUT2D eigenvalue weighted by Gasteiger charge is -2.04. The monoisotopic (exact) mass is 313 g/mol. The highest BCUT2D eigenvalue weighted by Crippen LogP contribution is 2.24. The maximum Gasteiger partial charge on any atom is 0.354 e. The number of halogens is 1. The van der Waals surface area contributed by atoms with Crippen LogP contribution in [0.4, 0.5) is 0 Å². The minimum Gasteiger partial charge on any atom is -0.486 e. The molecule has 0 unspecified atom stereocenters. The van der Waals surface area contributed by atoms with Gasteiger partial charge < -0.3 is 9.84 Å². The molecule has 1 N–H and O–H groups in total. The van der Waals surface area contributed by atoms with Crippen LogP contribution in [-0.4, -0.2) is 16.1 Å². The summed E-state index contributed by atoms with van der Waals surface area (Å²) in [6, 6.07) is 4.97. The van der Waals surface area contributed by atoms with Crippen LogP contribution in [0.5, 0.6) is 5.75 Å². The second-order valence-electron chi connectivity index (χ2n) is 3.16. The van der Waals surface area contributed by atoms with Crippen LogP contribution in [0.15, 0.2) is 34.2 Å². The number of aromatic carboxylic acids is 1. The number of hydrogen-bond donors (Lipinski definition) is 1. The Balaban J connectivity index is 2.00. The van der Waals surface area contributed by atoms with Crippen LogP contribution >= 0.6 is 27.3 Å².